The summed E-state index contributed by atoms with van der Waals surface area (Å²) in [5, 5.41) is 13.0. The topological polar surface area (TPSA) is 52.6 Å². The largest absolute Gasteiger partial charge is 0.387 e. The van der Waals surface area contributed by atoms with Gasteiger partial charge in [-0.25, -0.2) is 4.39 Å². The van der Waals surface area contributed by atoms with Gasteiger partial charge >= 0.3 is 0 Å². The molecule has 1 aliphatic heterocycles. The average molecular weight is 348 g/mol. The minimum atomic E-state index is -0.799. The number of piperidine rings is 1. The quantitative estimate of drug-likeness (QED) is 0.860. The molecular formula is C20H29FN2O2. The maximum absolute atomic E-state index is 12.9. The number of carbonyl (C=O) groups excluding carboxylic acids is 1. The van der Waals surface area contributed by atoms with Gasteiger partial charge in [0.1, 0.15) is 5.82 Å². The van der Waals surface area contributed by atoms with Crippen molar-refractivity contribution in [2.24, 2.45) is 5.92 Å². The van der Waals surface area contributed by atoms with Gasteiger partial charge in [0.15, 0.2) is 0 Å². The number of aliphatic hydroxyl groups is 1. The van der Waals surface area contributed by atoms with Gasteiger partial charge in [-0.05, 0) is 56.5 Å². The van der Waals surface area contributed by atoms with E-state index in [0.717, 1.165) is 32.0 Å². The Balaban J connectivity index is 1.41. The summed E-state index contributed by atoms with van der Waals surface area (Å²) in [5.74, 6) is -0.255. The number of halogens is 1. The summed E-state index contributed by atoms with van der Waals surface area (Å²) in [5.41, 5.74) is 0.619. The van der Waals surface area contributed by atoms with Crippen LogP contribution in [0.5, 0.6) is 0 Å². The molecule has 2 N–H and O–H groups in total. The number of benzene rings is 1. The van der Waals surface area contributed by atoms with Gasteiger partial charge in [0.25, 0.3) is 0 Å². The summed E-state index contributed by atoms with van der Waals surface area (Å²) in [6.45, 7) is 2.18. The first-order valence-electron chi connectivity index (χ1n) is 9.59. The molecule has 138 valence electrons. The van der Waals surface area contributed by atoms with Crippen LogP contribution in [0, 0.1) is 11.7 Å². The number of likely N-dealkylation sites (tertiary alicyclic amines) is 1. The highest BCUT2D eigenvalue weighted by atomic mass is 19.1. The molecule has 5 heteroatoms. The first-order chi connectivity index (χ1) is 12.1. The maximum atomic E-state index is 12.9. The molecule has 1 heterocycles. The van der Waals surface area contributed by atoms with E-state index in [0.29, 0.717) is 5.56 Å². The lowest BCUT2D eigenvalue weighted by Gasteiger charge is -2.39. The van der Waals surface area contributed by atoms with Gasteiger partial charge in [0.2, 0.25) is 5.91 Å². The number of nitrogens with zero attached hydrogens (tertiary/aromatic N) is 1. The van der Waals surface area contributed by atoms with Gasteiger partial charge in [-0.3, -0.25) is 4.79 Å². The summed E-state index contributed by atoms with van der Waals surface area (Å²) in [7, 11) is 0. The Bertz CT molecular complexity index is 549. The standard InChI is InChI=1S/C20H29FN2O2/c21-17-8-6-15(7-9-17)19(24)14-22-20(25)16-10-12-23(13-11-16)18-4-2-1-3-5-18/h6-9,16,18-19,24H,1-5,10-14H2,(H,22,25)/t19-/m0/s1. The average Bonchev–Trinajstić information content (AvgIpc) is 2.67. The first kappa shape index (κ1) is 18.3. The van der Waals surface area contributed by atoms with E-state index in [1.54, 1.807) is 12.1 Å². The zero-order chi connectivity index (χ0) is 17.6. The molecule has 2 fully saturated rings. The van der Waals surface area contributed by atoms with Crippen molar-refractivity contribution in [1.29, 1.82) is 0 Å². The third-order valence-corrected chi connectivity index (χ3v) is 5.72. The Hall–Kier alpha value is -1.46. The highest BCUT2D eigenvalue weighted by Gasteiger charge is 2.29. The van der Waals surface area contributed by atoms with Crippen molar-refractivity contribution in [2.45, 2.75) is 57.1 Å². The normalized spacial score (nSPS) is 21.8. The summed E-state index contributed by atoms with van der Waals surface area (Å²) >= 11 is 0. The molecule has 1 aromatic carbocycles. The van der Waals surface area contributed by atoms with Crippen LogP contribution in [0.2, 0.25) is 0 Å². The third kappa shape index (κ3) is 5.02. The monoisotopic (exact) mass is 348 g/mol. The second-order valence-electron chi connectivity index (χ2n) is 7.41. The molecule has 4 nitrogen and oxygen atoms in total. The molecule has 1 atom stereocenters. The summed E-state index contributed by atoms with van der Waals surface area (Å²) in [6, 6.07) is 6.46. The Morgan fingerprint density at radius 3 is 2.40 bits per heavy atom. The van der Waals surface area contributed by atoms with Crippen LogP contribution >= 0.6 is 0 Å². The van der Waals surface area contributed by atoms with Crippen LogP contribution in [0.4, 0.5) is 4.39 Å². The number of nitrogens with one attached hydrogen (secondary N) is 1. The van der Waals surface area contributed by atoms with Crippen LogP contribution in [0.1, 0.15) is 56.6 Å². The molecule has 0 spiro atoms. The molecule has 0 bridgehead atoms. The van der Waals surface area contributed by atoms with Crippen molar-refractivity contribution in [3.63, 3.8) is 0 Å². The molecule has 2 aliphatic rings. The Morgan fingerprint density at radius 2 is 1.76 bits per heavy atom. The fraction of sp³-hybridized carbons (Fsp3) is 0.650. The minimum absolute atomic E-state index is 0.0319. The van der Waals surface area contributed by atoms with E-state index in [1.807, 2.05) is 0 Å². The van der Waals surface area contributed by atoms with Crippen LogP contribution in [-0.2, 0) is 4.79 Å². The van der Waals surface area contributed by atoms with E-state index in [2.05, 4.69) is 10.2 Å². The van der Waals surface area contributed by atoms with Crippen molar-refractivity contribution < 1.29 is 14.3 Å². The second kappa shape index (κ2) is 8.77. The predicted molar refractivity (Wildman–Crippen MR) is 95.5 cm³/mol. The van der Waals surface area contributed by atoms with E-state index >= 15 is 0 Å². The van der Waals surface area contributed by atoms with Crippen molar-refractivity contribution in [1.82, 2.24) is 10.2 Å². The molecular weight excluding hydrogens is 319 g/mol. The smallest absolute Gasteiger partial charge is 0.223 e. The van der Waals surface area contributed by atoms with Crippen LogP contribution in [-0.4, -0.2) is 41.6 Å². The second-order valence-corrected chi connectivity index (χ2v) is 7.41. The molecule has 3 rings (SSSR count). The molecule has 1 aromatic rings. The minimum Gasteiger partial charge on any atom is -0.387 e. The molecule has 1 saturated carbocycles. The van der Waals surface area contributed by atoms with E-state index in [1.165, 1.54) is 44.2 Å². The van der Waals surface area contributed by atoms with Crippen molar-refractivity contribution in [3.05, 3.63) is 35.6 Å². The summed E-state index contributed by atoms with van der Waals surface area (Å²) in [4.78, 5) is 14.9. The molecule has 0 unspecified atom stereocenters. The van der Waals surface area contributed by atoms with Gasteiger partial charge in [0, 0.05) is 18.5 Å². The van der Waals surface area contributed by atoms with Crippen molar-refractivity contribution >= 4 is 5.91 Å². The SMILES string of the molecule is O=C(NC[C@H](O)c1ccc(F)cc1)C1CCN(C2CCCCC2)CC1. The molecule has 1 saturated heterocycles. The van der Waals surface area contributed by atoms with Crippen molar-refractivity contribution in [2.75, 3.05) is 19.6 Å². The fourth-order valence-corrected chi connectivity index (χ4v) is 4.12. The molecule has 1 amide bonds. The Labute approximate surface area is 149 Å². The van der Waals surface area contributed by atoms with Crippen LogP contribution in [0.25, 0.3) is 0 Å². The zero-order valence-electron chi connectivity index (χ0n) is 14.8. The molecule has 1 aliphatic carbocycles. The van der Waals surface area contributed by atoms with Gasteiger partial charge in [-0.15, -0.1) is 0 Å². The summed E-state index contributed by atoms with van der Waals surface area (Å²) in [6.07, 6.45) is 7.66. The maximum Gasteiger partial charge on any atom is 0.223 e. The highest BCUT2D eigenvalue weighted by molar-refractivity contribution is 5.78. The Kier molecular flexibility index (Phi) is 6.43. The number of carbonyl (C=O) groups is 1. The van der Waals surface area contributed by atoms with E-state index in [9.17, 15) is 14.3 Å². The number of amides is 1. The van der Waals surface area contributed by atoms with Crippen LogP contribution in [0.15, 0.2) is 24.3 Å². The van der Waals surface area contributed by atoms with E-state index in [4.69, 9.17) is 0 Å². The van der Waals surface area contributed by atoms with Gasteiger partial charge in [0.05, 0.1) is 6.10 Å². The lowest BCUT2D eigenvalue weighted by atomic mass is 9.90. The lowest BCUT2D eigenvalue weighted by molar-refractivity contribution is -0.127. The van der Waals surface area contributed by atoms with Gasteiger partial charge < -0.3 is 15.3 Å². The number of hydrogen-bond donors (Lipinski definition) is 2. The zero-order valence-corrected chi connectivity index (χ0v) is 14.8. The van der Waals surface area contributed by atoms with E-state index in [-0.39, 0.29) is 24.2 Å². The molecule has 0 radical (unpaired) electrons. The van der Waals surface area contributed by atoms with E-state index < -0.39 is 6.10 Å². The predicted octanol–water partition coefficient (Wildman–Crippen LogP) is 3.02. The fourth-order valence-electron chi connectivity index (χ4n) is 4.12. The van der Waals surface area contributed by atoms with Crippen LogP contribution < -0.4 is 5.32 Å². The highest BCUT2D eigenvalue weighted by Crippen LogP contribution is 2.27. The first-order valence-corrected chi connectivity index (χ1v) is 9.59. The van der Waals surface area contributed by atoms with Crippen LogP contribution in [0.3, 0.4) is 0 Å². The number of rotatable bonds is 5. The molecule has 25 heavy (non-hydrogen) atoms. The third-order valence-electron chi connectivity index (χ3n) is 5.72. The van der Waals surface area contributed by atoms with Gasteiger partial charge in [-0.2, -0.15) is 0 Å². The summed E-state index contributed by atoms with van der Waals surface area (Å²) < 4.78 is 12.9. The van der Waals surface area contributed by atoms with Crippen molar-refractivity contribution in [3.8, 4) is 0 Å². The lowest BCUT2D eigenvalue weighted by Crippen LogP contribution is -2.45. The number of aliphatic hydroxyl groups excluding tert-OH is 1. The Morgan fingerprint density at radius 1 is 1.12 bits per heavy atom. The number of hydrogen-bond acceptors (Lipinski definition) is 3. The van der Waals surface area contributed by atoms with Gasteiger partial charge in [-0.1, -0.05) is 31.4 Å². The molecule has 0 aromatic heterocycles.